The lowest BCUT2D eigenvalue weighted by atomic mass is 9.98. The molecule has 23 heavy (non-hydrogen) atoms. The molecule has 1 aromatic rings. The topological polar surface area (TPSA) is 42.8 Å². The lowest BCUT2D eigenvalue weighted by Gasteiger charge is -2.31. The van der Waals surface area contributed by atoms with Gasteiger partial charge in [-0.3, -0.25) is 4.79 Å². The van der Waals surface area contributed by atoms with Crippen molar-refractivity contribution >= 4 is 11.6 Å². The molecule has 0 aromatic heterocycles. The number of halogens is 3. The van der Waals surface area contributed by atoms with E-state index in [2.05, 4.69) is 17.0 Å². The first-order valence-corrected chi connectivity index (χ1v) is 7.76. The number of carbonyl (C=O) groups is 1. The number of amides is 1. The second-order valence-electron chi connectivity index (χ2n) is 6.12. The molecule has 1 fully saturated rings. The fourth-order valence-electron chi connectivity index (χ4n) is 2.74. The van der Waals surface area contributed by atoms with Crippen LogP contribution in [-0.4, -0.2) is 31.4 Å². The molecule has 2 rings (SSSR count). The number of alkyl halides is 3. The summed E-state index contributed by atoms with van der Waals surface area (Å²) in [7, 11) is 0. The molecule has 1 atom stereocenters. The summed E-state index contributed by atoms with van der Waals surface area (Å²) in [6.45, 7) is 6.02. The summed E-state index contributed by atoms with van der Waals surface area (Å²) in [6.07, 6.45) is -2.50. The lowest BCUT2D eigenvalue weighted by Crippen LogP contribution is -3.17. The monoisotopic (exact) mass is 331 g/mol. The molecule has 0 spiro atoms. The predicted octanol–water partition coefficient (Wildman–Crippen LogP) is 2.23. The van der Waals surface area contributed by atoms with E-state index in [1.807, 2.05) is 6.92 Å². The standard InChI is InChI=1S/C16H21F3N2O2/c1-11-7-9-21(10-8-11)12(2)15(22)20-13-3-5-14(6-4-13)23-16(17,18)19/h3-6,11-12H,7-10H2,1-2H3,(H,20,22)/p+1/t12-/m1/s1. The van der Waals surface area contributed by atoms with Gasteiger partial charge in [-0.15, -0.1) is 13.2 Å². The Morgan fingerprint density at radius 1 is 1.26 bits per heavy atom. The summed E-state index contributed by atoms with van der Waals surface area (Å²) in [4.78, 5) is 13.5. The molecule has 1 aliphatic heterocycles. The molecule has 0 saturated carbocycles. The van der Waals surface area contributed by atoms with Crippen LogP contribution in [-0.2, 0) is 4.79 Å². The highest BCUT2D eigenvalue weighted by Gasteiger charge is 2.31. The fourth-order valence-corrected chi connectivity index (χ4v) is 2.74. The zero-order valence-corrected chi connectivity index (χ0v) is 13.2. The first kappa shape index (κ1) is 17.6. The van der Waals surface area contributed by atoms with Crippen LogP contribution in [0.4, 0.5) is 18.9 Å². The summed E-state index contributed by atoms with van der Waals surface area (Å²) >= 11 is 0. The Labute approximate surface area is 133 Å². The van der Waals surface area contributed by atoms with Crippen molar-refractivity contribution in [3.05, 3.63) is 24.3 Å². The molecular formula is C16H22F3N2O2+. The average molecular weight is 331 g/mol. The van der Waals surface area contributed by atoms with E-state index in [0.29, 0.717) is 11.6 Å². The van der Waals surface area contributed by atoms with Gasteiger partial charge in [0.1, 0.15) is 5.75 Å². The van der Waals surface area contributed by atoms with Gasteiger partial charge in [0.05, 0.1) is 13.1 Å². The van der Waals surface area contributed by atoms with Crippen LogP contribution < -0.4 is 15.0 Å². The van der Waals surface area contributed by atoms with Gasteiger partial charge in [0.15, 0.2) is 6.04 Å². The van der Waals surface area contributed by atoms with E-state index in [1.54, 1.807) is 0 Å². The molecular weight excluding hydrogens is 309 g/mol. The molecule has 0 aliphatic carbocycles. The number of quaternary nitrogens is 1. The largest absolute Gasteiger partial charge is 0.573 e. The number of carbonyl (C=O) groups excluding carboxylic acids is 1. The molecule has 0 unspecified atom stereocenters. The van der Waals surface area contributed by atoms with Crippen molar-refractivity contribution in [3.63, 3.8) is 0 Å². The minimum Gasteiger partial charge on any atom is -0.406 e. The first-order valence-electron chi connectivity index (χ1n) is 7.76. The van der Waals surface area contributed by atoms with Crippen LogP contribution in [0.1, 0.15) is 26.7 Å². The molecule has 0 bridgehead atoms. The van der Waals surface area contributed by atoms with Gasteiger partial charge in [-0.05, 0) is 49.9 Å². The molecule has 1 amide bonds. The van der Waals surface area contributed by atoms with E-state index in [-0.39, 0.29) is 17.7 Å². The summed E-state index contributed by atoms with van der Waals surface area (Å²) in [6, 6.07) is 4.99. The molecule has 128 valence electrons. The van der Waals surface area contributed by atoms with E-state index in [9.17, 15) is 18.0 Å². The minimum absolute atomic E-state index is 0.126. The van der Waals surface area contributed by atoms with Crippen molar-refractivity contribution < 1.29 is 27.6 Å². The fraction of sp³-hybridized carbons (Fsp3) is 0.562. The van der Waals surface area contributed by atoms with Crippen molar-refractivity contribution in [2.75, 3.05) is 18.4 Å². The molecule has 1 aromatic carbocycles. The lowest BCUT2D eigenvalue weighted by molar-refractivity contribution is -0.919. The number of rotatable bonds is 4. The Kier molecular flexibility index (Phi) is 5.51. The number of hydrogen-bond donors (Lipinski definition) is 2. The van der Waals surface area contributed by atoms with Gasteiger partial charge >= 0.3 is 6.36 Å². The zero-order valence-electron chi connectivity index (χ0n) is 13.2. The van der Waals surface area contributed by atoms with Gasteiger partial charge in [0.25, 0.3) is 5.91 Å². The van der Waals surface area contributed by atoms with Crippen LogP contribution in [0.3, 0.4) is 0 Å². The number of hydrogen-bond acceptors (Lipinski definition) is 2. The van der Waals surface area contributed by atoms with Crippen LogP contribution in [0.5, 0.6) is 5.75 Å². The van der Waals surface area contributed by atoms with Gasteiger partial charge in [0, 0.05) is 5.69 Å². The number of benzene rings is 1. The quantitative estimate of drug-likeness (QED) is 0.888. The predicted molar refractivity (Wildman–Crippen MR) is 80.3 cm³/mol. The number of piperidine rings is 1. The van der Waals surface area contributed by atoms with Crippen LogP contribution in [0.2, 0.25) is 0 Å². The van der Waals surface area contributed by atoms with Gasteiger partial charge in [-0.2, -0.15) is 0 Å². The molecule has 4 nitrogen and oxygen atoms in total. The molecule has 0 radical (unpaired) electrons. The molecule has 7 heteroatoms. The number of ether oxygens (including phenoxy) is 1. The van der Waals surface area contributed by atoms with Crippen LogP contribution in [0.25, 0.3) is 0 Å². The van der Waals surface area contributed by atoms with E-state index < -0.39 is 6.36 Å². The summed E-state index contributed by atoms with van der Waals surface area (Å²) in [5.74, 6) is 0.272. The molecule has 1 saturated heterocycles. The Morgan fingerprint density at radius 2 is 1.83 bits per heavy atom. The SMILES string of the molecule is CC1CC[NH+]([C@H](C)C(=O)Nc2ccc(OC(F)(F)F)cc2)CC1. The highest BCUT2D eigenvalue weighted by molar-refractivity contribution is 5.93. The van der Waals surface area contributed by atoms with Crippen LogP contribution in [0.15, 0.2) is 24.3 Å². The number of likely N-dealkylation sites (tertiary alicyclic amines) is 1. The second-order valence-corrected chi connectivity index (χ2v) is 6.12. The molecule has 2 N–H and O–H groups in total. The maximum atomic E-state index is 12.3. The highest BCUT2D eigenvalue weighted by Crippen LogP contribution is 2.23. The summed E-state index contributed by atoms with van der Waals surface area (Å²) in [5.41, 5.74) is 0.459. The summed E-state index contributed by atoms with van der Waals surface area (Å²) < 4.78 is 40.1. The molecule has 1 aliphatic rings. The number of nitrogens with one attached hydrogen (secondary N) is 2. The third-order valence-corrected chi connectivity index (χ3v) is 4.28. The second kappa shape index (κ2) is 7.21. The molecule has 1 heterocycles. The third kappa shape index (κ3) is 5.42. The Balaban J connectivity index is 1.89. The maximum Gasteiger partial charge on any atom is 0.573 e. The van der Waals surface area contributed by atoms with Crippen molar-refractivity contribution in [1.82, 2.24) is 0 Å². The smallest absolute Gasteiger partial charge is 0.406 e. The Morgan fingerprint density at radius 3 is 2.35 bits per heavy atom. The Bertz CT molecular complexity index is 523. The van der Waals surface area contributed by atoms with E-state index in [4.69, 9.17) is 0 Å². The summed E-state index contributed by atoms with van der Waals surface area (Å²) in [5, 5.41) is 2.74. The maximum absolute atomic E-state index is 12.3. The van der Waals surface area contributed by atoms with E-state index in [0.717, 1.165) is 25.9 Å². The van der Waals surface area contributed by atoms with Gasteiger partial charge < -0.3 is 15.0 Å². The van der Waals surface area contributed by atoms with E-state index >= 15 is 0 Å². The van der Waals surface area contributed by atoms with Crippen molar-refractivity contribution in [1.29, 1.82) is 0 Å². The van der Waals surface area contributed by atoms with Crippen LogP contribution >= 0.6 is 0 Å². The Hall–Kier alpha value is -1.76. The first-order chi connectivity index (χ1) is 10.7. The number of anilines is 1. The normalized spacial score (nSPS) is 23.2. The van der Waals surface area contributed by atoms with E-state index in [1.165, 1.54) is 29.2 Å². The third-order valence-electron chi connectivity index (χ3n) is 4.28. The van der Waals surface area contributed by atoms with Gasteiger partial charge in [-0.25, -0.2) is 0 Å². The van der Waals surface area contributed by atoms with Crippen molar-refractivity contribution in [2.45, 2.75) is 39.1 Å². The minimum atomic E-state index is -4.71. The zero-order chi connectivity index (χ0) is 17.0. The average Bonchev–Trinajstić information content (AvgIpc) is 2.48. The highest BCUT2D eigenvalue weighted by atomic mass is 19.4. The van der Waals surface area contributed by atoms with Crippen molar-refractivity contribution in [3.8, 4) is 5.75 Å². The van der Waals surface area contributed by atoms with Crippen LogP contribution in [0, 0.1) is 5.92 Å². The van der Waals surface area contributed by atoms with Gasteiger partial charge in [-0.1, -0.05) is 6.92 Å². The van der Waals surface area contributed by atoms with Gasteiger partial charge in [0.2, 0.25) is 0 Å². The van der Waals surface area contributed by atoms with Crippen molar-refractivity contribution in [2.24, 2.45) is 5.92 Å².